The van der Waals surface area contributed by atoms with Crippen molar-refractivity contribution in [1.82, 2.24) is 4.90 Å². The second-order valence-corrected chi connectivity index (χ2v) is 4.98. The zero-order chi connectivity index (χ0) is 12.0. The van der Waals surface area contributed by atoms with Gasteiger partial charge in [0.25, 0.3) is 0 Å². The van der Waals surface area contributed by atoms with E-state index >= 15 is 0 Å². The van der Waals surface area contributed by atoms with Crippen molar-refractivity contribution >= 4 is 5.96 Å². The van der Waals surface area contributed by atoms with Gasteiger partial charge in [-0.1, -0.05) is 13.8 Å². The van der Waals surface area contributed by atoms with Crippen LogP contribution in [0.2, 0.25) is 0 Å². The van der Waals surface area contributed by atoms with Gasteiger partial charge in [-0.05, 0) is 24.7 Å². The van der Waals surface area contributed by atoms with Gasteiger partial charge in [0, 0.05) is 33.4 Å². The maximum absolute atomic E-state index is 5.96. The van der Waals surface area contributed by atoms with Crippen molar-refractivity contribution in [3.05, 3.63) is 0 Å². The van der Waals surface area contributed by atoms with Gasteiger partial charge in [-0.3, -0.25) is 4.99 Å². The molecule has 4 nitrogen and oxygen atoms in total. The number of hydrogen-bond donors (Lipinski definition) is 1. The van der Waals surface area contributed by atoms with Crippen molar-refractivity contribution in [3.63, 3.8) is 0 Å². The Morgan fingerprint density at radius 3 is 2.56 bits per heavy atom. The number of guanidine groups is 1. The lowest BCUT2D eigenvalue weighted by Gasteiger charge is -2.32. The van der Waals surface area contributed by atoms with E-state index in [0.717, 1.165) is 39.1 Å². The predicted octanol–water partition coefficient (Wildman–Crippen LogP) is 1.32. The van der Waals surface area contributed by atoms with Crippen LogP contribution < -0.4 is 5.73 Å². The molecule has 0 aromatic rings. The number of aliphatic imine (C=N–C) groups is 1. The highest BCUT2D eigenvalue weighted by Gasteiger charge is 2.19. The van der Waals surface area contributed by atoms with Gasteiger partial charge in [-0.15, -0.1) is 0 Å². The molecule has 0 spiro atoms. The number of methoxy groups -OCH3 is 1. The van der Waals surface area contributed by atoms with Gasteiger partial charge in [-0.2, -0.15) is 0 Å². The van der Waals surface area contributed by atoms with Crippen LogP contribution in [0, 0.1) is 11.8 Å². The molecule has 0 aliphatic carbocycles. The number of nitrogens with two attached hydrogens (primary N) is 1. The van der Waals surface area contributed by atoms with Crippen LogP contribution in [-0.2, 0) is 4.74 Å². The molecule has 0 atom stereocenters. The summed E-state index contributed by atoms with van der Waals surface area (Å²) < 4.78 is 5.18. The van der Waals surface area contributed by atoms with Gasteiger partial charge in [0.1, 0.15) is 0 Å². The highest BCUT2D eigenvalue weighted by atomic mass is 16.5. The number of ether oxygens (including phenoxy) is 1. The smallest absolute Gasteiger partial charge is 0.191 e. The van der Waals surface area contributed by atoms with Crippen molar-refractivity contribution in [2.45, 2.75) is 26.7 Å². The molecule has 0 unspecified atom stereocenters. The lowest BCUT2D eigenvalue weighted by molar-refractivity contribution is 0.118. The van der Waals surface area contributed by atoms with E-state index in [9.17, 15) is 0 Å². The van der Waals surface area contributed by atoms with Crippen molar-refractivity contribution in [3.8, 4) is 0 Å². The summed E-state index contributed by atoms with van der Waals surface area (Å²) >= 11 is 0. The average molecular weight is 227 g/mol. The molecule has 0 aromatic heterocycles. The highest BCUT2D eigenvalue weighted by Crippen LogP contribution is 2.16. The van der Waals surface area contributed by atoms with Crippen molar-refractivity contribution in [2.75, 3.05) is 33.4 Å². The van der Waals surface area contributed by atoms with Crippen LogP contribution in [0.3, 0.4) is 0 Å². The second kappa shape index (κ2) is 6.74. The van der Waals surface area contributed by atoms with Crippen LogP contribution in [0.15, 0.2) is 4.99 Å². The molecule has 94 valence electrons. The molecule has 1 saturated heterocycles. The summed E-state index contributed by atoms with van der Waals surface area (Å²) in [5, 5.41) is 0. The van der Waals surface area contributed by atoms with Gasteiger partial charge in [0.15, 0.2) is 5.96 Å². The Balaban J connectivity index is 2.32. The summed E-state index contributed by atoms with van der Waals surface area (Å²) in [7, 11) is 1.77. The fourth-order valence-corrected chi connectivity index (χ4v) is 1.94. The summed E-state index contributed by atoms with van der Waals surface area (Å²) in [6, 6.07) is 0. The topological polar surface area (TPSA) is 50.9 Å². The minimum atomic E-state index is 0.574. The van der Waals surface area contributed by atoms with Crippen LogP contribution in [0.25, 0.3) is 0 Å². The standard InChI is InChI=1S/C12H25N3O/c1-10(2)8-14-12(13)15-6-4-11(5-7-15)9-16-3/h10-11H,4-9H2,1-3H3,(H2,13,14). The first kappa shape index (κ1) is 13.3. The van der Waals surface area contributed by atoms with E-state index in [2.05, 4.69) is 23.7 Å². The maximum Gasteiger partial charge on any atom is 0.191 e. The molecular formula is C12H25N3O. The molecule has 1 aliphatic heterocycles. The van der Waals surface area contributed by atoms with Gasteiger partial charge < -0.3 is 15.4 Å². The number of rotatable bonds is 4. The van der Waals surface area contributed by atoms with E-state index in [0.29, 0.717) is 17.8 Å². The van der Waals surface area contributed by atoms with Gasteiger partial charge in [-0.25, -0.2) is 0 Å². The molecule has 0 bridgehead atoms. The third kappa shape index (κ3) is 4.39. The van der Waals surface area contributed by atoms with E-state index < -0.39 is 0 Å². The quantitative estimate of drug-likeness (QED) is 0.582. The van der Waals surface area contributed by atoms with Gasteiger partial charge in [0.2, 0.25) is 0 Å². The number of likely N-dealkylation sites (tertiary alicyclic amines) is 1. The Bertz CT molecular complexity index is 220. The van der Waals surface area contributed by atoms with Crippen molar-refractivity contribution in [1.29, 1.82) is 0 Å². The van der Waals surface area contributed by atoms with E-state index in [-0.39, 0.29) is 0 Å². The first-order chi connectivity index (χ1) is 7.63. The number of hydrogen-bond acceptors (Lipinski definition) is 2. The first-order valence-corrected chi connectivity index (χ1v) is 6.17. The van der Waals surface area contributed by atoms with Crippen LogP contribution in [0.1, 0.15) is 26.7 Å². The van der Waals surface area contributed by atoms with E-state index in [1.807, 2.05) is 0 Å². The molecule has 0 aromatic carbocycles. The molecule has 0 amide bonds. The Morgan fingerprint density at radius 1 is 1.44 bits per heavy atom. The Morgan fingerprint density at radius 2 is 2.06 bits per heavy atom. The van der Waals surface area contributed by atoms with E-state index in [1.165, 1.54) is 0 Å². The summed E-state index contributed by atoms with van der Waals surface area (Å²) in [6.45, 7) is 8.03. The number of piperidine rings is 1. The monoisotopic (exact) mass is 227 g/mol. The fraction of sp³-hybridized carbons (Fsp3) is 0.917. The predicted molar refractivity (Wildman–Crippen MR) is 67.5 cm³/mol. The van der Waals surface area contributed by atoms with Crippen LogP contribution in [-0.4, -0.2) is 44.2 Å². The SMILES string of the molecule is COCC1CCN(C(N)=NCC(C)C)CC1. The Labute approximate surface area is 98.9 Å². The van der Waals surface area contributed by atoms with Crippen molar-refractivity contribution in [2.24, 2.45) is 22.6 Å². The molecule has 1 heterocycles. The van der Waals surface area contributed by atoms with E-state index in [4.69, 9.17) is 10.5 Å². The molecule has 16 heavy (non-hydrogen) atoms. The first-order valence-electron chi connectivity index (χ1n) is 6.17. The molecule has 0 radical (unpaired) electrons. The minimum absolute atomic E-state index is 0.574. The molecular weight excluding hydrogens is 202 g/mol. The Hall–Kier alpha value is -0.770. The normalized spacial score (nSPS) is 19.5. The second-order valence-electron chi connectivity index (χ2n) is 4.98. The lowest BCUT2D eigenvalue weighted by atomic mass is 9.98. The molecule has 0 saturated carbocycles. The third-order valence-corrected chi connectivity index (χ3v) is 2.96. The number of nitrogens with zero attached hydrogens (tertiary/aromatic N) is 2. The lowest BCUT2D eigenvalue weighted by Crippen LogP contribution is -2.43. The average Bonchev–Trinajstić information content (AvgIpc) is 2.27. The fourth-order valence-electron chi connectivity index (χ4n) is 1.94. The molecule has 1 fully saturated rings. The van der Waals surface area contributed by atoms with Crippen LogP contribution in [0.4, 0.5) is 0 Å². The summed E-state index contributed by atoms with van der Waals surface area (Å²) in [4.78, 5) is 6.60. The maximum atomic E-state index is 5.96. The summed E-state index contributed by atoms with van der Waals surface area (Å²) in [5.41, 5.74) is 5.96. The highest BCUT2D eigenvalue weighted by molar-refractivity contribution is 5.78. The molecule has 4 heteroatoms. The molecule has 1 rings (SSSR count). The van der Waals surface area contributed by atoms with Gasteiger partial charge >= 0.3 is 0 Å². The summed E-state index contributed by atoms with van der Waals surface area (Å²) in [5.74, 6) is 1.98. The summed E-state index contributed by atoms with van der Waals surface area (Å²) in [6.07, 6.45) is 2.32. The van der Waals surface area contributed by atoms with Gasteiger partial charge in [0.05, 0.1) is 0 Å². The molecule has 2 N–H and O–H groups in total. The largest absolute Gasteiger partial charge is 0.384 e. The zero-order valence-electron chi connectivity index (χ0n) is 10.8. The third-order valence-electron chi connectivity index (χ3n) is 2.96. The Kier molecular flexibility index (Phi) is 5.60. The van der Waals surface area contributed by atoms with Crippen LogP contribution >= 0.6 is 0 Å². The zero-order valence-corrected chi connectivity index (χ0v) is 10.8. The van der Waals surface area contributed by atoms with E-state index in [1.54, 1.807) is 7.11 Å². The van der Waals surface area contributed by atoms with Crippen molar-refractivity contribution < 1.29 is 4.74 Å². The molecule has 1 aliphatic rings. The van der Waals surface area contributed by atoms with Crippen LogP contribution in [0.5, 0.6) is 0 Å². The minimum Gasteiger partial charge on any atom is -0.384 e.